The molecule has 8 rings (SSSR count). The van der Waals surface area contributed by atoms with Gasteiger partial charge in [0.15, 0.2) is 5.82 Å². The molecule has 34 heavy (non-hydrogen) atoms. The molecular formula is C27H35N5O2. The Labute approximate surface area is 201 Å². The molecule has 0 radical (unpaired) electrons. The third-order valence-corrected chi connectivity index (χ3v) is 9.58. The predicted octanol–water partition coefficient (Wildman–Crippen LogP) is 4.20. The molecule has 2 aliphatic heterocycles. The summed E-state index contributed by atoms with van der Waals surface area (Å²) < 4.78 is 5.84. The van der Waals surface area contributed by atoms with E-state index in [4.69, 9.17) is 9.72 Å². The molecular weight excluding hydrogens is 426 g/mol. The first-order valence-electron chi connectivity index (χ1n) is 12.9. The van der Waals surface area contributed by atoms with Gasteiger partial charge >= 0.3 is 0 Å². The highest BCUT2D eigenvalue weighted by Crippen LogP contribution is 2.65. The van der Waals surface area contributed by atoms with E-state index in [1.807, 2.05) is 6.20 Å². The molecule has 4 atom stereocenters. The van der Waals surface area contributed by atoms with Crippen molar-refractivity contribution in [3.05, 3.63) is 42.0 Å². The first kappa shape index (κ1) is 20.9. The number of rotatable bonds is 4. The van der Waals surface area contributed by atoms with Crippen molar-refractivity contribution in [3.63, 3.8) is 0 Å². The molecule has 5 aliphatic carbocycles. The van der Waals surface area contributed by atoms with Gasteiger partial charge in [0.1, 0.15) is 11.5 Å². The fourth-order valence-corrected chi connectivity index (χ4v) is 8.51. The lowest BCUT2D eigenvalue weighted by Gasteiger charge is -2.64. The van der Waals surface area contributed by atoms with E-state index in [9.17, 15) is 5.11 Å². The number of fused-ring (bicyclic) bond motifs is 2. The van der Waals surface area contributed by atoms with Crippen LogP contribution < -0.4 is 15.1 Å². The van der Waals surface area contributed by atoms with Crippen LogP contribution in [0.5, 0.6) is 0 Å². The Bertz CT molecular complexity index is 1110. The van der Waals surface area contributed by atoms with Crippen molar-refractivity contribution in [1.82, 2.24) is 9.97 Å². The molecule has 4 bridgehead atoms. The van der Waals surface area contributed by atoms with Crippen LogP contribution in [0.4, 0.5) is 17.5 Å². The Kier molecular flexibility index (Phi) is 4.36. The van der Waals surface area contributed by atoms with Crippen LogP contribution in [0.2, 0.25) is 0 Å². The fraction of sp³-hybridized carbons (Fsp3) is 0.630. The highest BCUT2D eigenvalue weighted by molar-refractivity contribution is 5.80. The van der Waals surface area contributed by atoms with Gasteiger partial charge in [0.2, 0.25) is 5.95 Å². The molecule has 1 aromatic heterocycles. The molecule has 180 valence electrons. The summed E-state index contributed by atoms with van der Waals surface area (Å²) in [6.07, 6.45) is 14.7. The van der Waals surface area contributed by atoms with Crippen LogP contribution in [0.3, 0.4) is 0 Å². The van der Waals surface area contributed by atoms with Crippen LogP contribution in [-0.2, 0) is 4.74 Å². The number of hydrogen-bond donors (Lipinski definition) is 2. The average molecular weight is 462 g/mol. The average Bonchev–Trinajstić information content (AvgIpc) is 3.35. The van der Waals surface area contributed by atoms with Gasteiger partial charge in [0, 0.05) is 37.4 Å². The summed E-state index contributed by atoms with van der Waals surface area (Å²) in [6.45, 7) is 7.74. The van der Waals surface area contributed by atoms with Crippen molar-refractivity contribution in [1.29, 1.82) is 0 Å². The van der Waals surface area contributed by atoms with Gasteiger partial charge in [-0.15, -0.1) is 0 Å². The monoisotopic (exact) mass is 461 g/mol. The fourth-order valence-electron chi connectivity index (χ4n) is 8.51. The topological polar surface area (TPSA) is 73.8 Å². The zero-order valence-electron chi connectivity index (χ0n) is 20.3. The molecule has 7 heteroatoms. The van der Waals surface area contributed by atoms with Crippen molar-refractivity contribution >= 4 is 17.5 Å². The van der Waals surface area contributed by atoms with Crippen molar-refractivity contribution in [3.8, 4) is 0 Å². The number of nitrogens with zero attached hydrogens (tertiary/aromatic N) is 4. The van der Waals surface area contributed by atoms with E-state index < -0.39 is 0 Å². The van der Waals surface area contributed by atoms with Crippen LogP contribution in [0.15, 0.2) is 42.0 Å². The number of aromatic nitrogens is 2. The molecule has 0 spiro atoms. The van der Waals surface area contributed by atoms with Crippen LogP contribution in [0.25, 0.3) is 0 Å². The molecule has 4 unspecified atom stereocenters. The number of allylic oxidation sites excluding steroid dienone is 1. The zero-order chi connectivity index (χ0) is 23.2. The maximum Gasteiger partial charge on any atom is 0.229 e. The minimum Gasteiger partial charge on any atom is -0.396 e. The third-order valence-electron chi connectivity index (χ3n) is 9.58. The Balaban J connectivity index is 1.24. The first-order valence-corrected chi connectivity index (χ1v) is 12.9. The maximum absolute atomic E-state index is 10.4. The molecule has 7 nitrogen and oxygen atoms in total. The number of aliphatic hydroxyl groups excluding tert-OH is 1. The molecule has 7 aliphatic rings. The number of anilines is 3. The molecule has 1 aromatic rings. The molecule has 5 fully saturated rings. The first-order chi connectivity index (χ1) is 16.4. The Hall–Kier alpha value is -2.38. The summed E-state index contributed by atoms with van der Waals surface area (Å²) in [7, 11) is 2.07. The predicted molar refractivity (Wildman–Crippen MR) is 132 cm³/mol. The normalized spacial score (nSPS) is 39.8. The minimum absolute atomic E-state index is 0.0106. The second-order valence-corrected chi connectivity index (χ2v) is 11.9. The number of hydrogen-bond acceptors (Lipinski definition) is 7. The van der Waals surface area contributed by atoms with E-state index in [1.165, 1.54) is 37.7 Å². The van der Waals surface area contributed by atoms with Crippen LogP contribution >= 0.6 is 0 Å². The van der Waals surface area contributed by atoms with Crippen molar-refractivity contribution in [2.75, 3.05) is 35.4 Å². The van der Waals surface area contributed by atoms with Crippen LogP contribution in [0.1, 0.15) is 51.9 Å². The largest absolute Gasteiger partial charge is 0.396 e. The van der Waals surface area contributed by atoms with Gasteiger partial charge in [-0.25, -0.2) is 4.98 Å². The van der Waals surface area contributed by atoms with Crippen molar-refractivity contribution < 1.29 is 9.84 Å². The maximum atomic E-state index is 10.4. The summed E-state index contributed by atoms with van der Waals surface area (Å²) >= 11 is 0. The highest BCUT2D eigenvalue weighted by Gasteiger charge is 2.61. The second kappa shape index (κ2) is 7.08. The Morgan fingerprint density at radius 3 is 2.79 bits per heavy atom. The Morgan fingerprint density at radius 2 is 2.03 bits per heavy atom. The van der Waals surface area contributed by atoms with Crippen molar-refractivity contribution in [2.24, 2.45) is 23.2 Å². The smallest absolute Gasteiger partial charge is 0.229 e. The van der Waals surface area contributed by atoms with Gasteiger partial charge in [0.25, 0.3) is 0 Å². The standard InChI is InChI=1S/C27H35N5O2/c1-16-6-23-20(4-5-34-23)8-21(16)29-25-28-13-22-24(30-25)32(17(2)31(22)3)27-11-18-7-19(12-27)10-26(9-18,14-27)15-33/h6,8,13,18-20,23,33H,2,4-5,7,9-12,14-15H2,1,3H3,(H,28,29,30). The lowest BCUT2D eigenvalue weighted by atomic mass is 9.46. The number of aliphatic hydroxyl groups is 1. The molecule has 4 saturated carbocycles. The van der Waals surface area contributed by atoms with E-state index in [0.717, 1.165) is 42.5 Å². The molecule has 0 amide bonds. The Morgan fingerprint density at radius 1 is 1.24 bits per heavy atom. The molecule has 0 aromatic carbocycles. The third kappa shape index (κ3) is 2.89. The lowest BCUT2D eigenvalue weighted by molar-refractivity contribution is -0.0921. The summed E-state index contributed by atoms with van der Waals surface area (Å²) in [5.74, 6) is 4.37. The SMILES string of the molecule is C=C1N(C)c2cnc(NC3=CC4CCOC4C=C3C)nc2N1C12CC3CC(CC(CO)(C3)C1)C2. The van der Waals surface area contributed by atoms with Gasteiger partial charge in [0.05, 0.1) is 12.3 Å². The van der Waals surface area contributed by atoms with Gasteiger partial charge in [-0.1, -0.05) is 18.7 Å². The van der Waals surface area contributed by atoms with E-state index in [-0.39, 0.29) is 17.1 Å². The van der Waals surface area contributed by atoms with Gasteiger partial charge in [-0.3, -0.25) is 0 Å². The van der Waals surface area contributed by atoms with E-state index >= 15 is 0 Å². The highest BCUT2D eigenvalue weighted by atomic mass is 16.5. The lowest BCUT2D eigenvalue weighted by Crippen LogP contribution is -2.64. The molecule has 1 saturated heterocycles. The van der Waals surface area contributed by atoms with E-state index in [2.05, 4.69) is 52.8 Å². The summed E-state index contributed by atoms with van der Waals surface area (Å²) in [6, 6.07) is 0. The summed E-state index contributed by atoms with van der Waals surface area (Å²) in [5.41, 5.74) is 3.32. The minimum atomic E-state index is -0.0106. The number of ether oxygens (including phenoxy) is 1. The molecule has 3 heterocycles. The van der Waals surface area contributed by atoms with Crippen LogP contribution in [0, 0.1) is 23.2 Å². The summed E-state index contributed by atoms with van der Waals surface area (Å²) in [4.78, 5) is 14.3. The van der Waals surface area contributed by atoms with Gasteiger partial charge < -0.3 is 25.0 Å². The zero-order valence-corrected chi connectivity index (χ0v) is 20.3. The van der Waals surface area contributed by atoms with E-state index in [0.29, 0.717) is 30.3 Å². The quantitative estimate of drug-likeness (QED) is 0.696. The number of nitrogens with one attached hydrogen (secondary N) is 1. The van der Waals surface area contributed by atoms with Gasteiger partial charge in [-0.2, -0.15) is 4.98 Å². The molecule has 2 N–H and O–H groups in total. The summed E-state index contributed by atoms with van der Waals surface area (Å²) in [5, 5.41) is 13.9. The van der Waals surface area contributed by atoms with Gasteiger partial charge in [-0.05, 0) is 74.7 Å². The van der Waals surface area contributed by atoms with Crippen molar-refractivity contribution in [2.45, 2.75) is 63.5 Å². The van der Waals surface area contributed by atoms with E-state index in [1.54, 1.807) is 0 Å². The second-order valence-electron chi connectivity index (χ2n) is 11.9. The van der Waals surface area contributed by atoms with Crippen LogP contribution in [-0.4, -0.2) is 47.0 Å².